The van der Waals surface area contributed by atoms with Crippen molar-refractivity contribution in [3.63, 3.8) is 0 Å². The molecule has 34 heavy (non-hydrogen) atoms. The first kappa shape index (κ1) is 22.2. The second-order valence-corrected chi connectivity index (χ2v) is 8.83. The summed E-state index contributed by atoms with van der Waals surface area (Å²) in [5, 5.41) is 12.1. The number of imidazole rings is 1. The number of hydrogen-bond donors (Lipinski definition) is 3. The van der Waals surface area contributed by atoms with E-state index < -0.39 is 6.10 Å². The highest BCUT2D eigenvalue weighted by molar-refractivity contribution is 5.84. The number of piperidine rings is 3. The number of aromatic nitrogens is 5. The molecule has 1 aromatic carbocycles. The first-order valence-corrected chi connectivity index (χ1v) is 11.5. The molecule has 2 bridgehead atoms. The Morgan fingerprint density at radius 3 is 2.88 bits per heavy atom. The fourth-order valence-corrected chi connectivity index (χ4v) is 5.23. The highest BCUT2D eigenvalue weighted by atomic mass is 16.5. The summed E-state index contributed by atoms with van der Waals surface area (Å²) in [6, 6.07) is 7.96. The van der Waals surface area contributed by atoms with Crippen LogP contribution in [0.3, 0.4) is 0 Å². The van der Waals surface area contributed by atoms with Crippen LogP contribution in [0.1, 0.15) is 24.5 Å². The SMILES string of the molecule is C=C[C@H]1CN2CC[C@H]1C[C@H]2[C@H](O)c1ccnc2ccc(OC)cc12.Nc1ncnc2nc[nH]c12. The van der Waals surface area contributed by atoms with Crippen molar-refractivity contribution >= 4 is 27.9 Å². The Morgan fingerprint density at radius 1 is 1.26 bits per heavy atom. The number of fused-ring (bicyclic) bond motifs is 5. The van der Waals surface area contributed by atoms with Gasteiger partial charge in [0.25, 0.3) is 0 Å². The number of anilines is 1. The Bertz CT molecular complexity index is 1310. The molecule has 9 heteroatoms. The van der Waals surface area contributed by atoms with Gasteiger partial charge in [-0.25, -0.2) is 15.0 Å². The van der Waals surface area contributed by atoms with E-state index in [2.05, 4.69) is 42.5 Å². The molecule has 0 radical (unpaired) electrons. The molecule has 6 heterocycles. The van der Waals surface area contributed by atoms with Crippen LogP contribution < -0.4 is 10.5 Å². The van der Waals surface area contributed by atoms with Gasteiger partial charge in [-0.05, 0) is 61.1 Å². The molecule has 7 rings (SSSR count). The largest absolute Gasteiger partial charge is 0.497 e. The first-order chi connectivity index (χ1) is 16.6. The van der Waals surface area contributed by atoms with E-state index in [0.29, 0.717) is 28.8 Å². The van der Waals surface area contributed by atoms with Gasteiger partial charge in [-0.15, -0.1) is 6.58 Å². The standard InChI is InChI=1S/C20H24N2O2.C5H5N5/c1-3-13-12-22-9-7-14(13)10-19(22)20(23)16-6-8-21-18-5-4-15(24-2)11-17(16)18;6-4-3-5(9-1-7-3)10-2-8-4/h3-6,8,11,13-14,19-20,23H,1,7,9-10,12H2,2H3;1-2H,(H3,6,7,8,9,10)/t13-,14-,19-,20+;/m0./s1. The minimum Gasteiger partial charge on any atom is -0.497 e. The number of aromatic amines is 1. The molecule has 176 valence electrons. The Hall–Kier alpha value is -3.56. The van der Waals surface area contributed by atoms with Crippen molar-refractivity contribution in [2.75, 3.05) is 25.9 Å². The minimum atomic E-state index is -0.504. The van der Waals surface area contributed by atoms with Gasteiger partial charge in [-0.2, -0.15) is 0 Å². The second kappa shape index (κ2) is 9.36. The third-order valence-electron chi connectivity index (χ3n) is 7.07. The molecule has 3 fully saturated rings. The van der Waals surface area contributed by atoms with E-state index >= 15 is 0 Å². The lowest BCUT2D eigenvalue weighted by atomic mass is 9.73. The zero-order valence-corrected chi connectivity index (χ0v) is 19.1. The number of aliphatic hydroxyl groups is 1. The van der Waals surface area contributed by atoms with E-state index in [9.17, 15) is 5.11 Å². The van der Waals surface area contributed by atoms with E-state index in [1.54, 1.807) is 13.3 Å². The molecule has 1 unspecified atom stereocenters. The average molecular weight is 460 g/mol. The van der Waals surface area contributed by atoms with Crippen LogP contribution in [-0.2, 0) is 0 Å². The van der Waals surface area contributed by atoms with E-state index in [-0.39, 0.29) is 6.04 Å². The van der Waals surface area contributed by atoms with Gasteiger partial charge in [0, 0.05) is 24.2 Å². The number of rotatable bonds is 4. The molecular weight excluding hydrogens is 430 g/mol. The van der Waals surface area contributed by atoms with Gasteiger partial charge in [0.2, 0.25) is 0 Å². The number of hydrogen-bond acceptors (Lipinski definition) is 8. The van der Waals surface area contributed by atoms with Crippen LogP contribution >= 0.6 is 0 Å². The van der Waals surface area contributed by atoms with Crippen molar-refractivity contribution in [1.82, 2.24) is 29.8 Å². The molecule has 3 aliphatic heterocycles. The quantitative estimate of drug-likeness (QED) is 0.398. The third kappa shape index (κ3) is 4.08. The van der Waals surface area contributed by atoms with Crippen molar-refractivity contribution in [2.45, 2.75) is 25.0 Å². The number of H-pyrrole nitrogens is 1. The zero-order valence-electron chi connectivity index (χ0n) is 19.1. The maximum Gasteiger partial charge on any atom is 0.182 e. The number of nitrogens with zero attached hydrogens (tertiary/aromatic N) is 5. The fourth-order valence-electron chi connectivity index (χ4n) is 5.23. The average Bonchev–Trinajstić information content (AvgIpc) is 3.38. The molecule has 3 saturated heterocycles. The van der Waals surface area contributed by atoms with Crippen LogP contribution in [0.4, 0.5) is 5.82 Å². The van der Waals surface area contributed by atoms with Crippen molar-refractivity contribution in [3.8, 4) is 5.75 Å². The summed E-state index contributed by atoms with van der Waals surface area (Å²) < 4.78 is 5.35. The van der Waals surface area contributed by atoms with Gasteiger partial charge in [-0.1, -0.05) is 6.08 Å². The zero-order chi connectivity index (χ0) is 23.7. The van der Waals surface area contributed by atoms with Gasteiger partial charge in [0.15, 0.2) is 11.5 Å². The molecule has 0 saturated carbocycles. The lowest BCUT2D eigenvalue weighted by Crippen LogP contribution is -2.54. The van der Waals surface area contributed by atoms with Gasteiger partial charge < -0.3 is 20.6 Å². The topological polar surface area (TPSA) is 126 Å². The molecule has 5 atom stereocenters. The lowest BCUT2D eigenvalue weighted by molar-refractivity contribution is -0.0444. The minimum absolute atomic E-state index is 0.178. The molecule has 4 N–H and O–H groups in total. The molecule has 0 aliphatic carbocycles. The van der Waals surface area contributed by atoms with Gasteiger partial charge >= 0.3 is 0 Å². The molecular formula is C25H29N7O2. The number of nitrogens with one attached hydrogen (secondary N) is 1. The monoisotopic (exact) mass is 459 g/mol. The number of nitrogen functional groups attached to an aromatic ring is 1. The molecule has 9 nitrogen and oxygen atoms in total. The van der Waals surface area contributed by atoms with Gasteiger partial charge in [0.05, 0.1) is 25.1 Å². The van der Waals surface area contributed by atoms with Crippen LogP contribution in [0.15, 0.2) is 55.8 Å². The fraction of sp³-hybridized carbons (Fsp3) is 0.360. The molecule has 3 aliphatic rings. The van der Waals surface area contributed by atoms with Crippen molar-refractivity contribution in [3.05, 3.63) is 61.3 Å². The maximum atomic E-state index is 11.2. The van der Waals surface area contributed by atoms with E-state index in [0.717, 1.165) is 41.7 Å². The number of nitrogens with two attached hydrogens (primary N) is 1. The Morgan fingerprint density at radius 2 is 2.15 bits per heavy atom. The van der Waals surface area contributed by atoms with Crippen LogP contribution in [0, 0.1) is 11.8 Å². The number of benzene rings is 1. The number of aliphatic hydroxyl groups excluding tert-OH is 1. The highest BCUT2D eigenvalue weighted by Gasteiger charge is 2.42. The second-order valence-electron chi connectivity index (χ2n) is 8.83. The molecule has 0 amide bonds. The van der Waals surface area contributed by atoms with Crippen molar-refractivity contribution in [1.29, 1.82) is 0 Å². The number of ether oxygens (including phenoxy) is 1. The van der Waals surface area contributed by atoms with E-state index in [1.807, 2.05) is 24.3 Å². The summed E-state index contributed by atoms with van der Waals surface area (Å²) in [6.45, 7) is 6.07. The Labute approximate surface area is 197 Å². The molecule has 4 aromatic rings. The van der Waals surface area contributed by atoms with Crippen LogP contribution in [0.2, 0.25) is 0 Å². The molecule has 0 spiro atoms. The smallest absolute Gasteiger partial charge is 0.182 e. The van der Waals surface area contributed by atoms with Crippen LogP contribution in [0.5, 0.6) is 5.75 Å². The summed E-state index contributed by atoms with van der Waals surface area (Å²) in [5.74, 6) is 2.44. The first-order valence-electron chi connectivity index (χ1n) is 11.5. The normalized spacial score (nSPS) is 24.4. The van der Waals surface area contributed by atoms with E-state index in [4.69, 9.17) is 10.5 Å². The Balaban J connectivity index is 0.000000200. The summed E-state index contributed by atoms with van der Waals surface area (Å²) in [5.41, 5.74) is 8.63. The van der Waals surface area contributed by atoms with Crippen LogP contribution in [0.25, 0.3) is 22.1 Å². The molecule has 3 aromatic heterocycles. The number of methoxy groups -OCH3 is 1. The van der Waals surface area contributed by atoms with Gasteiger partial charge in [-0.3, -0.25) is 9.88 Å². The summed E-state index contributed by atoms with van der Waals surface area (Å²) in [6.07, 6.45) is 8.55. The van der Waals surface area contributed by atoms with E-state index in [1.165, 1.54) is 19.1 Å². The lowest BCUT2D eigenvalue weighted by Gasteiger charge is -2.50. The predicted octanol–water partition coefficient (Wildman–Crippen LogP) is 3.11. The predicted molar refractivity (Wildman–Crippen MR) is 131 cm³/mol. The summed E-state index contributed by atoms with van der Waals surface area (Å²) >= 11 is 0. The van der Waals surface area contributed by atoms with Crippen LogP contribution in [-0.4, -0.2) is 61.2 Å². The van der Waals surface area contributed by atoms with Gasteiger partial charge in [0.1, 0.15) is 17.6 Å². The maximum absolute atomic E-state index is 11.2. The van der Waals surface area contributed by atoms with Crippen molar-refractivity contribution in [2.24, 2.45) is 11.8 Å². The highest BCUT2D eigenvalue weighted by Crippen LogP contribution is 2.42. The summed E-state index contributed by atoms with van der Waals surface area (Å²) in [7, 11) is 1.66. The Kier molecular flexibility index (Phi) is 6.12. The summed E-state index contributed by atoms with van der Waals surface area (Å²) in [4.78, 5) is 21.2. The van der Waals surface area contributed by atoms with Crippen molar-refractivity contribution < 1.29 is 9.84 Å². The third-order valence-corrected chi connectivity index (χ3v) is 7.07. The number of pyridine rings is 1.